The van der Waals surface area contributed by atoms with Crippen LogP contribution in [0.5, 0.6) is 0 Å². The molecular formula is C4H6Cl2GeO2. The summed E-state index contributed by atoms with van der Waals surface area (Å²) in [5, 5.41) is 0. The maximum absolute atomic E-state index is 5.63. The molecule has 0 unspecified atom stereocenters. The molecule has 0 bridgehead atoms. The fourth-order valence-electron chi connectivity index (χ4n) is 0.499. The van der Waals surface area contributed by atoms with Gasteiger partial charge in [-0.3, -0.25) is 0 Å². The summed E-state index contributed by atoms with van der Waals surface area (Å²) in [6.45, 7) is 1.03. The molecule has 1 aliphatic rings. The Labute approximate surface area is 71.2 Å². The van der Waals surface area contributed by atoms with E-state index in [9.17, 15) is 0 Å². The number of rotatable bonds is 0. The summed E-state index contributed by atoms with van der Waals surface area (Å²) in [4.78, 5) is 0. The van der Waals surface area contributed by atoms with Gasteiger partial charge in [0.2, 0.25) is 0 Å². The van der Waals surface area contributed by atoms with E-state index in [1.54, 1.807) is 0 Å². The summed E-state index contributed by atoms with van der Waals surface area (Å²) >= 11 is 12.1. The Hall–Kier alpha value is 0.753. The van der Waals surface area contributed by atoms with Gasteiger partial charge in [0, 0.05) is 0 Å². The van der Waals surface area contributed by atoms with E-state index in [2.05, 4.69) is 0 Å². The molecule has 2 nitrogen and oxygen atoms in total. The second-order valence-corrected chi connectivity index (χ2v) is 4.24. The van der Waals surface area contributed by atoms with Crippen molar-refractivity contribution in [3.8, 4) is 0 Å². The van der Waals surface area contributed by atoms with Gasteiger partial charge >= 0.3 is 71.0 Å². The fourth-order valence-corrected chi connectivity index (χ4v) is 1.28. The van der Waals surface area contributed by atoms with Crippen molar-refractivity contribution in [3.05, 3.63) is 0 Å². The number of alkyl halides is 2. The third-order valence-corrected chi connectivity index (χ3v) is 4.02. The van der Waals surface area contributed by atoms with Crippen LogP contribution in [0.1, 0.15) is 0 Å². The molecule has 1 heterocycles. The molecule has 52 valence electrons. The molecule has 0 aliphatic carbocycles. The van der Waals surface area contributed by atoms with Crippen molar-refractivity contribution in [2.45, 2.75) is 4.52 Å². The molecular weight excluding hydrogens is 224 g/mol. The number of hydrogen-bond acceptors (Lipinski definition) is 2. The van der Waals surface area contributed by atoms with Crippen LogP contribution in [0.25, 0.3) is 0 Å². The van der Waals surface area contributed by atoms with E-state index < -0.39 is 4.52 Å². The predicted octanol–water partition coefficient (Wildman–Crippen LogP) is -0.0724. The summed E-state index contributed by atoms with van der Waals surface area (Å²) < 4.78 is 9.52. The first-order chi connectivity index (χ1) is 4.13. The zero-order valence-corrected chi connectivity index (χ0v) is 9.17. The van der Waals surface area contributed by atoms with E-state index in [-0.39, 0.29) is 0 Å². The molecule has 0 saturated carbocycles. The number of ether oxygens (including phenoxy) is 2. The van der Waals surface area contributed by atoms with Crippen molar-refractivity contribution in [2.75, 3.05) is 13.2 Å². The number of hydrogen-bond donors (Lipinski definition) is 0. The predicted molar refractivity (Wildman–Crippen MR) is 39.9 cm³/mol. The van der Waals surface area contributed by atoms with Crippen LogP contribution in [0.4, 0.5) is 0 Å². The van der Waals surface area contributed by atoms with Crippen LogP contribution in [0, 0.1) is 0 Å². The van der Waals surface area contributed by atoms with Crippen LogP contribution in [0.2, 0.25) is 0 Å². The van der Waals surface area contributed by atoms with Crippen molar-refractivity contribution >= 4 is 43.8 Å². The Morgan fingerprint density at radius 1 is 1.44 bits per heavy atom. The molecule has 0 amide bonds. The van der Waals surface area contributed by atoms with Crippen LogP contribution in [0.15, 0.2) is 0 Å². The van der Waals surface area contributed by atoms with Gasteiger partial charge in [0.15, 0.2) is 0 Å². The van der Waals surface area contributed by atoms with Gasteiger partial charge in [-0.25, -0.2) is 0 Å². The molecule has 0 aromatic rings. The van der Waals surface area contributed by atoms with Gasteiger partial charge < -0.3 is 0 Å². The first-order valence-corrected chi connectivity index (χ1v) is 4.71. The third kappa shape index (κ3) is 1.83. The summed E-state index contributed by atoms with van der Waals surface area (Å²) in [5.74, 6) is 0. The van der Waals surface area contributed by atoms with Crippen molar-refractivity contribution < 1.29 is 9.47 Å². The van der Waals surface area contributed by atoms with Crippen LogP contribution in [-0.4, -0.2) is 38.3 Å². The molecule has 1 saturated heterocycles. The van der Waals surface area contributed by atoms with Crippen LogP contribution >= 0.6 is 23.2 Å². The van der Waals surface area contributed by atoms with E-state index in [4.69, 9.17) is 32.7 Å². The van der Waals surface area contributed by atoms with Crippen LogP contribution in [0.3, 0.4) is 0 Å². The summed E-state index contributed by atoms with van der Waals surface area (Å²) in [5.41, 5.74) is 0. The molecule has 5 heteroatoms. The molecule has 1 rings (SSSR count). The Kier molecular flexibility index (Phi) is 2.43. The summed E-state index contributed by atoms with van der Waals surface area (Å²) in [6, 6.07) is 0. The van der Waals surface area contributed by atoms with Gasteiger partial charge in [-0.1, -0.05) is 0 Å². The average Bonchev–Trinajstić information content (AvgIpc) is 1.77. The fraction of sp³-hybridized carbons (Fsp3) is 0.750. The zero-order valence-electron chi connectivity index (χ0n) is 4.69. The Morgan fingerprint density at radius 3 is 2.44 bits per heavy atom. The van der Waals surface area contributed by atoms with E-state index in [1.165, 1.54) is 0 Å². The normalized spacial score (nSPS) is 25.3. The SMILES string of the molecule is ClC1(Cl)OCCO[C]1=[GeH2]. The summed E-state index contributed by atoms with van der Waals surface area (Å²) in [6.07, 6.45) is 0. The van der Waals surface area contributed by atoms with Crippen LogP contribution in [-0.2, 0) is 9.47 Å². The molecule has 1 fully saturated rings. The van der Waals surface area contributed by atoms with E-state index in [0.717, 1.165) is 16.1 Å². The van der Waals surface area contributed by atoms with Gasteiger partial charge in [0.25, 0.3) is 0 Å². The first kappa shape index (κ1) is 7.86. The first-order valence-electron chi connectivity index (χ1n) is 2.47. The van der Waals surface area contributed by atoms with Crippen LogP contribution < -0.4 is 0 Å². The van der Waals surface area contributed by atoms with Gasteiger partial charge in [0.1, 0.15) is 0 Å². The van der Waals surface area contributed by atoms with Crippen molar-refractivity contribution in [1.82, 2.24) is 0 Å². The topological polar surface area (TPSA) is 18.5 Å². The van der Waals surface area contributed by atoms with Gasteiger partial charge in [0.05, 0.1) is 0 Å². The van der Waals surface area contributed by atoms with Gasteiger partial charge in [-0.2, -0.15) is 0 Å². The third-order valence-electron chi connectivity index (χ3n) is 0.968. The van der Waals surface area contributed by atoms with Gasteiger partial charge in [-0.15, -0.1) is 0 Å². The standard InChI is InChI=1S/C4H6Cl2GeO2/c5-4(6)3(7)8-1-2-9-4/h1-2,7H2. The van der Waals surface area contributed by atoms with Gasteiger partial charge in [-0.05, 0) is 0 Å². The molecule has 0 atom stereocenters. The minimum absolute atomic E-state index is 0.469. The Balaban J connectivity index is 2.60. The average molecular weight is 230 g/mol. The molecule has 0 radical (unpaired) electrons. The quantitative estimate of drug-likeness (QED) is 0.428. The summed E-state index contributed by atoms with van der Waals surface area (Å²) in [7, 11) is 0. The second-order valence-electron chi connectivity index (χ2n) is 1.64. The molecule has 0 spiro atoms. The molecule has 0 aromatic carbocycles. The molecule has 0 N–H and O–H groups in total. The zero-order chi connectivity index (χ0) is 6.91. The Morgan fingerprint density at radius 2 is 2.11 bits per heavy atom. The number of halogens is 2. The molecule has 1 aliphatic heterocycles. The minimum atomic E-state index is -1.17. The van der Waals surface area contributed by atoms with E-state index >= 15 is 0 Å². The maximum atomic E-state index is 5.63. The van der Waals surface area contributed by atoms with E-state index in [0.29, 0.717) is 17.7 Å². The second kappa shape index (κ2) is 2.78. The molecule has 0 aromatic heterocycles. The monoisotopic (exact) mass is 230 g/mol. The molecule has 9 heavy (non-hydrogen) atoms. The van der Waals surface area contributed by atoms with Crippen molar-refractivity contribution in [2.24, 2.45) is 0 Å². The van der Waals surface area contributed by atoms with E-state index in [1.807, 2.05) is 0 Å². The Bertz CT molecular complexity index is 137. The van der Waals surface area contributed by atoms with Crippen molar-refractivity contribution in [3.63, 3.8) is 0 Å². The van der Waals surface area contributed by atoms with Crippen molar-refractivity contribution in [1.29, 1.82) is 0 Å².